The Labute approximate surface area is 210 Å². The van der Waals surface area contributed by atoms with Crippen LogP contribution in [0.25, 0.3) is 10.8 Å². The molecule has 1 saturated heterocycles. The van der Waals surface area contributed by atoms with Gasteiger partial charge in [-0.1, -0.05) is 31.2 Å². The van der Waals surface area contributed by atoms with Crippen LogP contribution in [-0.2, 0) is 4.74 Å². The third-order valence-electron chi connectivity index (χ3n) is 10.4. The summed E-state index contributed by atoms with van der Waals surface area (Å²) < 4.78 is 7.47. The van der Waals surface area contributed by atoms with Gasteiger partial charge in [-0.15, -0.1) is 0 Å². The van der Waals surface area contributed by atoms with E-state index < -0.39 is 0 Å². The predicted octanol–water partition coefficient (Wildman–Crippen LogP) is 7.23. The van der Waals surface area contributed by atoms with Crippen molar-refractivity contribution < 1.29 is 4.74 Å². The van der Waals surface area contributed by atoms with E-state index in [2.05, 4.69) is 74.4 Å². The largest absolute Gasteiger partial charge is 0.359 e. The lowest BCUT2D eigenvalue weighted by atomic mass is 9.58. The molecular formula is C32H40N2O. The Hall–Kier alpha value is -1.97. The molecule has 0 radical (unpaired) electrons. The highest BCUT2D eigenvalue weighted by atomic mass is 16.5. The van der Waals surface area contributed by atoms with Crippen molar-refractivity contribution >= 4 is 10.8 Å². The van der Waals surface area contributed by atoms with Gasteiger partial charge in [0.15, 0.2) is 0 Å². The Morgan fingerprint density at radius 2 is 1.94 bits per heavy atom. The Morgan fingerprint density at radius 3 is 2.80 bits per heavy atom. The predicted molar refractivity (Wildman–Crippen MR) is 142 cm³/mol. The minimum absolute atomic E-state index is 0.0382. The third-order valence-corrected chi connectivity index (χ3v) is 10.4. The quantitative estimate of drug-likeness (QED) is 0.505. The molecule has 5 aliphatic rings. The molecule has 2 aliphatic heterocycles. The second-order valence-corrected chi connectivity index (χ2v) is 13.5. The average Bonchev–Trinajstić information content (AvgIpc) is 3.33. The first-order valence-corrected chi connectivity index (χ1v) is 13.9. The van der Waals surface area contributed by atoms with E-state index in [0.717, 1.165) is 6.42 Å². The number of allylic oxidation sites excluding steroid dienone is 1. The summed E-state index contributed by atoms with van der Waals surface area (Å²) >= 11 is 0. The van der Waals surface area contributed by atoms with Gasteiger partial charge in [0.2, 0.25) is 0 Å². The summed E-state index contributed by atoms with van der Waals surface area (Å²) in [7, 11) is 0. The first-order chi connectivity index (χ1) is 16.7. The molecular weight excluding hydrogens is 428 g/mol. The van der Waals surface area contributed by atoms with Crippen molar-refractivity contribution in [2.24, 2.45) is 11.3 Å². The van der Waals surface area contributed by atoms with Crippen molar-refractivity contribution in [3.05, 3.63) is 65.5 Å². The number of rotatable bonds is 2. The lowest BCUT2D eigenvalue weighted by molar-refractivity contribution is -0.136. The van der Waals surface area contributed by atoms with E-state index in [-0.39, 0.29) is 22.2 Å². The fourth-order valence-corrected chi connectivity index (χ4v) is 9.01. The number of nitrogens with zero attached hydrogens (tertiary/aromatic N) is 1. The number of hydrogen-bond acceptors (Lipinski definition) is 3. The van der Waals surface area contributed by atoms with Gasteiger partial charge in [-0.05, 0) is 124 Å². The summed E-state index contributed by atoms with van der Waals surface area (Å²) in [5, 5.41) is 6.46. The van der Waals surface area contributed by atoms with E-state index in [1.807, 2.05) is 12.4 Å². The monoisotopic (exact) mass is 468 g/mol. The molecule has 0 amide bonds. The highest BCUT2D eigenvalue weighted by molar-refractivity contribution is 5.82. The van der Waals surface area contributed by atoms with E-state index >= 15 is 0 Å². The number of ether oxygens (including phenoxy) is 1. The van der Waals surface area contributed by atoms with Gasteiger partial charge in [0.05, 0.1) is 11.2 Å². The van der Waals surface area contributed by atoms with Crippen LogP contribution >= 0.6 is 0 Å². The lowest BCUT2D eigenvalue weighted by Gasteiger charge is -2.54. The molecule has 3 nitrogen and oxygen atoms in total. The molecule has 6 atom stereocenters. The van der Waals surface area contributed by atoms with Crippen LogP contribution < -0.4 is 5.32 Å². The van der Waals surface area contributed by atoms with Gasteiger partial charge >= 0.3 is 0 Å². The van der Waals surface area contributed by atoms with E-state index in [0.29, 0.717) is 17.9 Å². The molecule has 3 fully saturated rings. The number of benzene rings is 1. The van der Waals surface area contributed by atoms with Gasteiger partial charge in [0, 0.05) is 29.4 Å². The molecule has 2 bridgehead atoms. The molecule has 35 heavy (non-hydrogen) atoms. The molecule has 1 aromatic heterocycles. The molecule has 2 spiro atoms. The molecule has 184 valence electrons. The first kappa shape index (κ1) is 22.2. The van der Waals surface area contributed by atoms with Crippen molar-refractivity contribution in [3.8, 4) is 0 Å². The standard InChI is InChI=1S/C32H40N2O/c1-29(2,3)34-26-8-7-24-18-25-11-13-30(4)27(22-6-5-21-12-16-33-20-23(21)17-22)9-10-28(30)32(25)15-14-31(24,19-26)35-32/h5-6,11-12,16-18,20,26-28,34H,7-10,13-15,19H2,1-4H3/t26?,27?,28-,30?,31-,32-/m1/s1. The number of aromatic nitrogens is 1. The summed E-state index contributed by atoms with van der Waals surface area (Å²) in [4.78, 5) is 4.39. The van der Waals surface area contributed by atoms with E-state index in [4.69, 9.17) is 4.74 Å². The van der Waals surface area contributed by atoms with Crippen molar-refractivity contribution in [2.75, 3.05) is 0 Å². The Balaban J connectivity index is 1.24. The molecule has 7 rings (SSSR count). The molecule has 3 aliphatic carbocycles. The van der Waals surface area contributed by atoms with E-state index in [9.17, 15) is 0 Å². The topological polar surface area (TPSA) is 34.2 Å². The Kier molecular flexibility index (Phi) is 4.64. The van der Waals surface area contributed by atoms with Crippen LogP contribution in [0.2, 0.25) is 0 Å². The van der Waals surface area contributed by atoms with Gasteiger partial charge in [-0.3, -0.25) is 4.98 Å². The SMILES string of the molecule is CC(C)(C)NC1CCC2=CC3=CCC4(C)C(c5ccc6ccncc6c5)CC[C@H]4[C@@]34CC[C@]2(C1)O4. The minimum atomic E-state index is -0.0761. The second kappa shape index (κ2) is 7.29. The molecule has 3 unspecified atom stereocenters. The van der Waals surface area contributed by atoms with Crippen LogP contribution in [0.1, 0.15) is 90.5 Å². The van der Waals surface area contributed by atoms with Gasteiger partial charge in [0.25, 0.3) is 0 Å². The average molecular weight is 469 g/mol. The van der Waals surface area contributed by atoms with E-state index in [1.165, 1.54) is 66.9 Å². The summed E-state index contributed by atoms with van der Waals surface area (Å²) in [5.41, 5.74) is 4.88. The second-order valence-electron chi connectivity index (χ2n) is 13.5. The maximum atomic E-state index is 7.47. The zero-order valence-corrected chi connectivity index (χ0v) is 21.9. The molecule has 3 heterocycles. The van der Waals surface area contributed by atoms with E-state index in [1.54, 1.807) is 5.57 Å². The zero-order chi connectivity index (χ0) is 24.1. The maximum absolute atomic E-state index is 7.47. The molecule has 2 aromatic rings. The number of hydrogen-bond donors (Lipinski definition) is 1. The Bertz CT molecular complexity index is 1250. The van der Waals surface area contributed by atoms with Crippen LogP contribution in [-0.4, -0.2) is 27.8 Å². The summed E-state index contributed by atoms with van der Waals surface area (Å²) in [5.74, 6) is 1.18. The third kappa shape index (κ3) is 3.20. The fraction of sp³-hybridized carbons (Fsp3) is 0.594. The van der Waals surface area contributed by atoms with Gasteiger partial charge in [0.1, 0.15) is 0 Å². The van der Waals surface area contributed by atoms with Gasteiger partial charge in [-0.25, -0.2) is 0 Å². The first-order valence-electron chi connectivity index (χ1n) is 13.9. The van der Waals surface area contributed by atoms with Crippen LogP contribution in [0.5, 0.6) is 0 Å². The number of fused-ring (bicyclic) bond motifs is 2. The normalized spacial score (nSPS) is 40.1. The maximum Gasteiger partial charge on any atom is 0.0974 e. The fourth-order valence-electron chi connectivity index (χ4n) is 9.01. The van der Waals surface area contributed by atoms with Crippen LogP contribution in [0, 0.1) is 11.3 Å². The molecule has 1 aromatic carbocycles. The van der Waals surface area contributed by atoms with Crippen LogP contribution in [0.4, 0.5) is 0 Å². The van der Waals surface area contributed by atoms with Gasteiger partial charge in [-0.2, -0.15) is 0 Å². The highest BCUT2D eigenvalue weighted by Crippen LogP contribution is 2.69. The van der Waals surface area contributed by atoms with Crippen molar-refractivity contribution in [3.63, 3.8) is 0 Å². The summed E-state index contributed by atoms with van der Waals surface area (Å²) in [6.45, 7) is 9.46. The van der Waals surface area contributed by atoms with Crippen molar-refractivity contribution in [1.29, 1.82) is 0 Å². The summed E-state index contributed by atoms with van der Waals surface area (Å²) in [6.07, 6.45) is 18.7. The smallest absolute Gasteiger partial charge is 0.0974 e. The number of pyridine rings is 1. The lowest BCUT2D eigenvalue weighted by Crippen LogP contribution is -2.56. The zero-order valence-electron chi connectivity index (χ0n) is 21.9. The van der Waals surface area contributed by atoms with Crippen LogP contribution in [0.15, 0.2) is 60.0 Å². The minimum Gasteiger partial charge on any atom is -0.359 e. The molecule has 1 N–H and O–H groups in total. The van der Waals surface area contributed by atoms with Crippen molar-refractivity contribution in [1.82, 2.24) is 10.3 Å². The van der Waals surface area contributed by atoms with Crippen molar-refractivity contribution in [2.45, 2.75) is 108 Å². The number of nitrogens with one attached hydrogen (secondary N) is 1. The Morgan fingerprint density at radius 1 is 1.06 bits per heavy atom. The van der Waals surface area contributed by atoms with Gasteiger partial charge < -0.3 is 10.1 Å². The molecule has 2 saturated carbocycles. The molecule has 3 heteroatoms. The highest BCUT2D eigenvalue weighted by Gasteiger charge is 2.66. The van der Waals surface area contributed by atoms with Crippen LogP contribution in [0.3, 0.4) is 0 Å². The summed E-state index contributed by atoms with van der Waals surface area (Å²) in [6, 6.07) is 9.77.